The minimum Gasteiger partial charge on any atom is -0.354 e. The maximum atomic E-state index is 13.5. The first-order valence-corrected chi connectivity index (χ1v) is 9.81. The van der Waals surface area contributed by atoms with Crippen molar-refractivity contribution in [3.05, 3.63) is 65.7 Å². The SMILES string of the molecule is C[C@@H](C(=O)NCCc1ccccc1)N(c1ccc(F)c(F)c1)S(C)(=O)=O. The number of halogens is 2. The molecule has 0 radical (unpaired) electrons. The largest absolute Gasteiger partial charge is 0.354 e. The molecule has 0 saturated carbocycles. The Morgan fingerprint density at radius 3 is 2.35 bits per heavy atom. The summed E-state index contributed by atoms with van der Waals surface area (Å²) < 4.78 is 51.6. The molecule has 0 saturated heterocycles. The van der Waals surface area contributed by atoms with Crippen LogP contribution in [0.25, 0.3) is 0 Å². The fourth-order valence-electron chi connectivity index (χ4n) is 2.55. The molecule has 1 amide bonds. The van der Waals surface area contributed by atoms with E-state index in [2.05, 4.69) is 5.32 Å². The Bertz CT molecular complexity index is 873. The predicted octanol–water partition coefficient (Wildman–Crippen LogP) is 2.48. The molecule has 1 atom stereocenters. The maximum absolute atomic E-state index is 13.5. The summed E-state index contributed by atoms with van der Waals surface area (Å²) in [6.07, 6.45) is 1.49. The van der Waals surface area contributed by atoms with Crippen LogP contribution in [0.3, 0.4) is 0 Å². The molecule has 8 heteroatoms. The third-order valence-corrected chi connectivity index (χ3v) is 5.04. The van der Waals surface area contributed by atoms with E-state index in [1.807, 2.05) is 30.3 Å². The van der Waals surface area contributed by atoms with Gasteiger partial charge in [0, 0.05) is 12.6 Å². The van der Waals surface area contributed by atoms with Crippen LogP contribution < -0.4 is 9.62 Å². The smallest absolute Gasteiger partial charge is 0.243 e. The highest BCUT2D eigenvalue weighted by atomic mass is 32.2. The predicted molar refractivity (Wildman–Crippen MR) is 96.3 cm³/mol. The molecular weight excluding hydrogens is 362 g/mol. The van der Waals surface area contributed by atoms with Gasteiger partial charge in [0.15, 0.2) is 11.6 Å². The second-order valence-electron chi connectivity index (χ2n) is 5.86. The number of anilines is 1. The van der Waals surface area contributed by atoms with Gasteiger partial charge in [-0.25, -0.2) is 17.2 Å². The number of sulfonamides is 1. The van der Waals surface area contributed by atoms with Crippen LogP contribution in [-0.4, -0.2) is 33.2 Å². The molecule has 2 aromatic carbocycles. The lowest BCUT2D eigenvalue weighted by Crippen LogP contribution is -2.48. The van der Waals surface area contributed by atoms with Crippen molar-refractivity contribution in [2.45, 2.75) is 19.4 Å². The monoisotopic (exact) mass is 382 g/mol. The van der Waals surface area contributed by atoms with Crippen LogP contribution in [0.1, 0.15) is 12.5 Å². The molecule has 0 unspecified atom stereocenters. The molecule has 140 valence electrons. The van der Waals surface area contributed by atoms with Crippen molar-refractivity contribution < 1.29 is 22.0 Å². The van der Waals surface area contributed by atoms with Crippen LogP contribution in [0.15, 0.2) is 48.5 Å². The van der Waals surface area contributed by atoms with Gasteiger partial charge in [-0.2, -0.15) is 0 Å². The summed E-state index contributed by atoms with van der Waals surface area (Å²) in [7, 11) is -3.89. The number of hydrogen-bond acceptors (Lipinski definition) is 3. The van der Waals surface area contributed by atoms with Crippen LogP contribution in [0.4, 0.5) is 14.5 Å². The van der Waals surface area contributed by atoms with Gasteiger partial charge in [0.2, 0.25) is 15.9 Å². The summed E-state index contributed by atoms with van der Waals surface area (Å²) in [6, 6.07) is 11.1. The molecule has 5 nitrogen and oxygen atoms in total. The van der Waals surface area contributed by atoms with Crippen molar-refractivity contribution in [3.8, 4) is 0 Å². The van der Waals surface area contributed by atoms with Crippen molar-refractivity contribution in [2.24, 2.45) is 0 Å². The number of carbonyl (C=O) groups is 1. The zero-order valence-corrected chi connectivity index (χ0v) is 15.3. The summed E-state index contributed by atoms with van der Waals surface area (Å²) in [5, 5.41) is 2.67. The number of nitrogens with one attached hydrogen (secondary N) is 1. The van der Waals surface area contributed by atoms with Crippen molar-refractivity contribution >= 4 is 21.6 Å². The van der Waals surface area contributed by atoms with E-state index >= 15 is 0 Å². The summed E-state index contributed by atoms with van der Waals surface area (Å²) in [5.41, 5.74) is 0.915. The van der Waals surface area contributed by atoms with E-state index in [1.165, 1.54) is 6.92 Å². The average Bonchev–Trinajstić information content (AvgIpc) is 2.58. The molecule has 0 aromatic heterocycles. The number of amides is 1. The Labute approximate surface area is 151 Å². The van der Waals surface area contributed by atoms with E-state index in [-0.39, 0.29) is 5.69 Å². The Balaban J connectivity index is 2.12. The molecule has 0 fully saturated rings. The standard InChI is InChI=1S/C18H20F2N2O3S/c1-13(18(23)21-11-10-14-6-4-3-5-7-14)22(26(2,24)25)15-8-9-16(19)17(20)12-15/h3-9,12-13H,10-11H2,1-2H3,(H,21,23)/t13-/m0/s1. The van der Waals surface area contributed by atoms with E-state index in [0.717, 1.165) is 34.3 Å². The first-order chi connectivity index (χ1) is 12.2. The summed E-state index contributed by atoms with van der Waals surface area (Å²) >= 11 is 0. The Morgan fingerprint density at radius 1 is 1.12 bits per heavy atom. The Kier molecular flexibility index (Phi) is 6.31. The fourth-order valence-corrected chi connectivity index (χ4v) is 3.72. The molecule has 0 aliphatic heterocycles. The van der Waals surface area contributed by atoms with E-state index in [1.54, 1.807) is 0 Å². The summed E-state index contributed by atoms with van der Waals surface area (Å²) in [6.45, 7) is 1.71. The van der Waals surface area contributed by atoms with Crippen molar-refractivity contribution in [1.29, 1.82) is 0 Å². The quantitative estimate of drug-likeness (QED) is 0.800. The minimum atomic E-state index is -3.89. The second-order valence-corrected chi connectivity index (χ2v) is 7.72. The van der Waals surface area contributed by atoms with Gasteiger partial charge in [0.05, 0.1) is 11.9 Å². The summed E-state index contributed by atoms with van der Waals surface area (Å²) in [5.74, 6) is -2.81. The topological polar surface area (TPSA) is 66.5 Å². The number of carbonyl (C=O) groups excluding carboxylic acids is 1. The number of hydrogen-bond donors (Lipinski definition) is 1. The van der Waals surface area contributed by atoms with E-state index in [9.17, 15) is 22.0 Å². The first-order valence-electron chi connectivity index (χ1n) is 7.96. The zero-order chi connectivity index (χ0) is 19.3. The van der Waals surface area contributed by atoms with E-state index in [0.29, 0.717) is 13.0 Å². The van der Waals surface area contributed by atoms with Crippen LogP contribution >= 0.6 is 0 Å². The second kappa shape index (κ2) is 8.27. The maximum Gasteiger partial charge on any atom is 0.243 e. The number of nitrogens with zero attached hydrogens (tertiary/aromatic N) is 1. The highest BCUT2D eigenvalue weighted by Crippen LogP contribution is 2.23. The van der Waals surface area contributed by atoms with E-state index in [4.69, 9.17) is 0 Å². The molecule has 0 aliphatic rings. The van der Waals surface area contributed by atoms with Gasteiger partial charge in [-0.3, -0.25) is 9.10 Å². The van der Waals surface area contributed by atoms with Gasteiger partial charge in [-0.05, 0) is 31.0 Å². The Morgan fingerprint density at radius 2 is 1.77 bits per heavy atom. The van der Waals surface area contributed by atoms with Crippen LogP contribution in [0, 0.1) is 11.6 Å². The number of rotatable bonds is 7. The number of benzene rings is 2. The van der Waals surface area contributed by atoms with Gasteiger partial charge >= 0.3 is 0 Å². The van der Waals surface area contributed by atoms with E-state index < -0.39 is 33.6 Å². The molecule has 2 rings (SSSR count). The van der Waals surface area contributed by atoms with Crippen LogP contribution in [0.2, 0.25) is 0 Å². The van der Waals surface area contributed by atoms with Crippen LogP contribution in [0.5, 0.6) is 0 Å². The van der Waals surface area contributed by atoms with Crippen molar-refractivity contribution in [2.75, 3.05) is 17.1 Å². The molecule has 26 heavy (non-hydrogen) atoms. The molecule has 1 N–H and O–H groups in total. The molecule has 2 aromatic rings. The third-order valence-electron chi connectivity index (χ3n) is 3.80. The molecule has 0 spiro atoms. The zero-order valence-electron chi connectivity index (χ0n) is 14.4. The molecular formula is C18H20F2N2O3S. The van der Waals surface area contributed by atoms with Crippen molar-refractivity contribution in [3.63, 3.8) is 0 Å². The van der Waals surface area contributed by atoms with Gasteiger partial charge in [-0.1, -0.05) is 30.3 Å². The lowest BCUT2D eigenvalue weighted by atomic mass is 10.1. The highest BCUT2D eigenvalue weighted by molar-refractivity contribution is 7.92. The summed E-state index contributed by atoms with van der Waals surface area (Å²) in [4.78, 5) is 12.4. The minimum absolute atomic E-state index is 0.114. The molecule has 0 aliphatic carbocycles. The van der Waals surface area contributed by atoms with Gasteiger partial charge in [0.1, 0.15) is 6.04 Å². The average molecular weight is 382 g/mol. The van der Waals surface area contributed by atoms with Gasteiger partial charge < -0.3 is 5.32 Å². The lowest BCUT2D eigenvalue weighted by Gasteiger charge is -2.28. The highest BCUT2D eigenvalue weighted by Gasteiger charge is 2.29. The van der Waals surface area contributed by atoms with Crippen LogP contribution in [-0.2, 0) is 21.2 Å². The normalized spacial score (nSPS) is 12.5. The first kappa shape index (κ1) is 19.8. The molecule has 0 heterocycles. The molecule has 0 bridgehead atoms. The third kappa shape index (κ3) is 5.01. The fraction of sp³-hybridized carbons (Fsp3) is 0.278. The van der Waals surface area contributed by atoms with Gasteiger partial charge in [0.25, 0.3) is 0 Å². The van der Waals surface area contributed by atoms with Gasteiger partial charge in [-0.15, -0.1) is 0 Å². The lowest BCUT2D eigenvalue weighted by molar-refractivity contribution is -0.121. The van der Waals surface area contributed by atoms with Crippen molar-refractivity contribution in [1.82, 2.24) is 5.32 Å². The Hall–Kier alpha value is -2.48.